The summed E-state index contributed by atoms with van der Waals surface area (Å²) in [5.41, 5.74) is -0.953. The first kappa shape index (κ1) is 21.6. The average molecular weight is 403 g/mol. The first-order valence-electron chi connectivity index (χ1n) is 9.23. The van der Waals surface area contributed by atoms with E-state index in [1.54, 1.807) is 6.08 Å². The maximum atomic E-state index is 13.2. The van der Waals surface area contributed by atoms with E-state index in [2.05, 4.69) is 11.4 Å². The Hall–Kier alpha value is -1.73. The zero-order valence-corrected chi connectivity index (χ0v) is 19.3. The number of para-hydroxylation sites is 1. The van der Waals surface area contributed by atoms with Gasteiger partial charge in [-0.3, -0.25) is 4.79 Å². The van der Waals surface area contributed by atoms with Gasteiger partial charge in [0, 0.05) is 17.7 Å². The number of carbonyl (C=O) groups excluding carboxylic acids is 1. The molecule has 7 heteroatoms. The topological polar surface area (TPSA) is 71.3 Å². The van der Waals surface area contributed by atoms with Gasteiger partial charge < -0.3 is 14.2 Å². The monoisotopic (exact) mass is 402 g/mol. The van der Waals surface area contributed by atoms with Gasteiger partial charge in [-0.05, 0) is 58.3 Å². The second-order valence-electron chi connectivity index (χ2n) is 8.93. The predicted octanol–water partition coefficient (Wildman–Crippen LogP) is 4.77. The molecule has 1 N–H and O–H groups in total. The van der Waals surface area contributed by atoms with E-state index in [4.69, 9.17) is 8.85 Å². The molecule has 0 radical (unpaired) electrons. The van der Waals surface area contributed by atoms with Gasteiger partial charge in [-0.1, -0.05) is 24.3 Å². The van der Waals surface area contributed by atoms with Gasteiger partial charge in [0.1, 0.15) is 6.07 Å². The number of benzene rings is 1. The highest BCUT2D eigenvalue weighted by Gasteiger charge is 2.55. The van der Waals surface area contributed by atoms with Gasteiger partial charge in [0.25, 0.3) is 5.91 Å². The van der Waals surface area contributed by atoms with Crippen LogP contribution < -0.4 is 5.32 Å². The first-order chi connectivity index (χ1) is 12.4. The lowest BCUT2D eigenvalue weighted by molar-refractivity contribution is -0.135. The van der Waals surface area contributed by atoms with Crippen molar-refractivity contribution < 1.29 is 13.6 Å². The van der Waals surface area contributed by atoms with Crippen molar-refractivity contribution in [3.05, 3.63) is 42.0 Å². The van der Waals surface area contributed by atoms with Gasteiger partial charge in [-0.2, -0.15) is 5.26 Å². The Morgan fingerprint density at radius 1 is 1.19 bits per heavy atom. The fraction of sp³-hybridized carbons (Fsp3) is 0.500. The second-order valence-corrected chi connectivity index (χ2v) is 17.8. The molecule has 2 atom stereocenters. The maximum Gasteiger partial charge on any atom is 0.260 e. The third-order valence-corrected chi connectivity index (χ3v) is 6.02. The molecule has 2 rings (SSSR count). The molecule has 0 fully saturated rings. The van der Waals surface area contributed by atoms with Crippen LogP contribution in [-0.4, -0.2) is 28.1 Å². The minimum atomic E-state index is -2.14. The summed E-state index contributed by atoms with van der Waals surface area (Å²) in [6, 6.07) is 9.89. The number of fused-ring (bicyclic) bond motifs is 1. The standard InChI is InChI=1S/C20H30N2O3Si2/c1-8-13-19(15-21,24-26(2,3)4)14-20(25-27(5,6)7)16-11-9-10-12-17(16)22-18(20)23/h8-13H,14H2,1-7H3,(H,22,23)/b13-8+. The summed E-state index contributed by atoms with van der Waals surface area (Å²) in [7, 11) is -4.22. The van der Waals surface area contributed by atoms with Crippen LogP contribution in [0.1, 0.15) is 18.9 Å². The molecule has 1 aliphatic rings. The van der Waals surface area contributed by atoms with Crippen molar-refractivity contribution in [2.75, 3.05) is 5.32 Å². The number of nitrogens with one attached hydrogen (secondary N) is 1. The largest absolute Gasteiger partial charge is 0.400 e. The van der Waals surface area contributed by atoms with Crippen molar-refractivity contribution in [3.8, 4) is 6.07 Å². The van der Waals surface area contributed by atoms with Gasteiger partial charge in [-0.15, -0.1) is 0 Å². The molecule has 1 heterocycles. The fourth-order valence-electron chi connectivity index (χ4n) is 3.54. The number of anilines is 1. The zero-order valence-electron chi connectivity index (χ0n) is 17.3. The SMILES string of the molecule is C/C=C/C(C#N)(CC1(O[Si](C)(C)C)C(=O)Nc2ccccc21)O[Si](C)(C)C. The van der Waals surface area contributed by atoms with Crippen molar-refractivity contribution in [1.82, 2.24) is 0 Å². The van der Waals surface area contributed by atoms with Crippen LogP contribution in [0.2, 0.25) is 39.3 Å². The highest BCUT2D eigenvalue weighted by atomic mass is 28.4. The Labute approximate surface area is 164 Å². The minimum absolute atomic E-state index is 0.123. The first-order valence-corrected chi connectivity index (χ1v) is 16.0. The van der Waals surface area contributed by atoms with Crippen LogP contribution in [-0.2, 0) is 19.2 Å². The Kier molecular flexibility index (Phi) is 5.88. The van der Waals surface area contributed by atoms with Crippen LogP contribution in [0.4, 0.5) is 5.69 Å². The van der Waals surface area contributed by atoms with Gasteiger partial charge in [-0.25, -0.2) is 0 Å². The number of carbonyl (C=O) groups is 1. The van der Waals surface area contributed by atoms with Crippen LogP contribution in [0.25, 0.3) is 0 Å². The number of nitriles is 1. The summed E-state index contributed by atoms with van der Waals surface area (Å²) in [5, 5.41) is 13.0. The Balaban J connectivity index is 2.65. The van der Waals surface area contributed by atoms with E-state index in [0.29, 0.717) is 0 Å². The van der Waals surface area contributed by atoms with Crippen LogP contribution in [0, 0.1) is 11.3 Å². The summed E-state index contributed by atoms with van der Waals surface area (Å²) in [4.78, 5) is 13.2. The Bertz CT molecular complexity index is 790. The smallest absolute Gasteiger partial charge is 0.260 e. The molecular weight excluding hydrogens is 372 g/mol. The second kappa shape index (κ2) is 7.36. The van der Waals surface area contributed by atoms with Crippen molar-refractivity contribution in [3.63, 3.8) is 0 Å². The number of rotatable bonds is 7. The summed E-state index contributed by atoms with van der Waals surface area (Å²) < 4.78 is 12.8. The molecule has 5 nitrogen and oxygen atoms in total. The molecule has 1 aromatic rings. The third kappa shape index (κ3) is 4.76. The lowest BCUT2D eigenvalue weighted by Crippen LogP contribution is -2.52. The molecule has 0 aliphatic carbocycles. The summed E-state index contributed by atoms with van der Waals surface area (Å²) >= 11 is 0. The van der Waals surface area contributed by atoms with E-state index in [-0.39, 0.29) is 12.3 Å². The molecule has 0 bridgehead atoms. The van der Waals surface area contributed by atoms with E-state index in [1.807, 2.05) is 76.5 Å². The molecule has 0 aromatic heterocycles. The van der Waals surface area contributed by atoms with Gasteiger partial charge >= 0.3 is 0 Å². The number of hydrogen-bond donors (Lipinski definition) is 1. The Morgan fingerprint density at radius 3 is 2.33 bits per heavy atom. The average Bonchev–Trinajstić information content (AvgIpc) is 2.76. The number of nitrogens with zero attached hydrogens (tertiary/aromatic N) is 1. The van der Waals surface area contributed by atoms with Crippen molar-refractivity contribution in [2.45, 2.75) is 63.8 Å². The number of amides is 1. The lowest BCUT2D eigenvalue weighted by atomic mass is 9.83. The molecule has 0 spiro atoms. The van der Waals surface area contributed by atoms with E-state index < -0.39 is 27.8 Å². The third-order valence-electron chi connectivity index (χ3n) is 4.08. The highest BCUT2D eigenvalue weighted by Crippen LogP contribution is 2.47. The molecule has 0 saturated heterocycles. The van der Waals surface area contributed by atoms with Crippen LogP contribution in [0.15, 0.2) is 36.4 Å². The summed E-state index contributed by atoms with van der Waals surface area (Å²) in [6.07, 6.45) is 3.69. The predicted molar refractivity (Wildman–Crippen MR) is 113 cm³/mol. The van der Waals surface area contributed by atoms with Gasteiger partial charge in [0.15, 0.2) is 27.8 Å². The Morgan fingerprint density at radius 2 is 1.81 bits per heavy atom. The minimum Gasteiger partial charge on any atom is -0.400 e. The molecule has 1 amide bonds. The molecule has 0 saturated carbocycles. The molecule has 1 aromatic carbocycles. The lowest BCUT2D eigenvalue weighted by Gasteiger charge is -2.41. The van der Waals surface area contributed by atoms with Crippen LogP contribution in [0.3, 0.4) is 0 Å². The quantitative estimate of drug-likeness (QED) is 0.527. The van der Waals surface area contributed by atoms with E-state index in [1.165, 1.54) is 0 Å². The van der Waals surface area contributed by atoms with Crippen molar-refractivity contribution >= 4 is 28.2 Å². The van der Waals surface area contributed by atoms with E-state index >= 15 is 0 Å². The number of allylic oxidation sites excluding steroid dienone is 1. The maximum absolute atomic E-state index is 13.2. The van der Waals surface area contributed by atoms with Crippen molar-refractivity contribution in [1.29, 1.82) is 5.26 Å². The number of hydrogen-bond acceptors (Lipinski definition) is 4. The zero-order chi connectivity index (χ0) is 20.5. The molecule has 146 valence electrons. The summed E-state index contributed by atoms with van der Waals surface area (Å²) in [5.74, 6) is -0.227. The van der Waals surface area contributed by atoms with Crippen LogP contribution in [0.5, 0.6) is 0 Å². The molecule has 1 aliphatic heterocycles. The van der Waals surface area contributed by atoms with E-state index in [0.717, 1.165) is 11.3 Å². The highest BCUT2D eigenvalue weighted by molar-refractivity contribution is 6.70. The van der Waals surface area contributed by atoms with E-state index in [9.17, 15) is 10.1 Å². The summed E-state index contributed by atoms with van der Waals surface area (Å²) in [6.45, 7) is 14.1. The fourth-order valence-corrected chi connectivity index (χ4v) is 6.14. The van der Waals surface area contributed by atoms with Gasteiger partial charge in [0.2, 0.25) is 0 Å². The van der Waals surface area contributed by atoms with Gasteiger partial charge in [0.05, 0.1) is 0 Å². The normalized spacial score (nSPS) is 22.2. The van der Waals surface area contributed by atoms with Crippen molar-refractivity contribution in [2.24, 2.45) is 0 Å². The molecule has 2 unspecified atom stereocenters. The van der Waals surface area contributed by atoms with Crippen LogP contribution >= 0.6 is 0 Å². The molecular formula is C20H30N2O3Si2. The molecule has 27 heavy (non-hydrogen) atoms.